The second-order valence-electron chi connectivity index (χ2n) is 8.97. The average Bonchev–Trinajstić information content (AvgIpc) is 3.54. The molecule has 6 nitrogen and oxygen atoms in total. The van der Waals surface area contributed by atoms with E-state index in [2.05, 4.69) is 41.8 Å². The first kappa shape index (κ1) is 19.5. The number of hydrogen-bond acceptors (Lipinski definition) is 5. The number of carbonyl (C=O) groups excluding carboxylic acids is 1. The monoisotopic (exact) mass is 443 g/mol. The minimum atomic E-state index is 0.144. The van der Waals surface area contributed by atoms with Crippen LogP contribution in [0.15, 0.2) is 54.2 Å². The molecule has 4 aromatic rings. The van der Waals surface area contributed by atoms with Gasteiger partial charge in [0.05, 0.1) is 11.1 Å². The number of fused-ring (bicyclic) bond motifs is 2. The maximum atomic E-state index is 13.8. The third-order valence-electron chi connectivity index (χ3n) is 6.71. The minimum absolute atomic E-state index is 0.144. The van der Waals surface area contributed by atoms with E-state index in [1.54, 1.807) is 11.3 Å². The Labute approximate surface area is 191 Å². The molecule has 4 aromatic heterocycles. The first-order valence-electron chi connectivity index (χ1n) is 11.1. The standard InChI is InChI=1S/C25H25N5OS/c1-16-10-17(2)27-25(26-16)30-13-18-11-29(12-19(18)14-30)24(31)23-20(22-7-5-9-32-22)15-28-8-4-3-6-21(23)28/h3-10,15,18-19H,11-14H2,1-2H3/t18-,19+. The molecule has 0 aromatic carbocycles. The Balaban J connectivity index is 1.26. The third kappa shape index (κ3) is 3.19. The summed E-state index contributed by atoms with van der Waals surface area (Å²) in [5, 5.41) is 2.07. The van der Waals surface area contributed by atoms with Gasteiger partial charge in [-0.25, -0.2) is 9.97 Å². The number of thiophene rings is 1. The first-order valence-corrected chi connectivity index (χ1v) is 11.9. The number of aromatic nitrogens is 3. The number of rotatable bonds is 3. The van der Waals surface area contributed by atoms with Crippen molar-refractivity contribution in [2.24, 2.45) is 11.8 Å². The lowest BCUT2D eigenvalue weighted by Crippen LogP contribution is -2.34. The summed E-state index contributed by atoms with van der Waals surface area (Å²) in [6, 6.07) is 12.2. The van der Waals surface area contributed by atoms with Crippen LogP contribution >= 0.6 is 11.3 Å². The van der Waals surface area contributed by atoms with Crippen molar-refractivity contribution in [3.05, 3.63) is 71.1 Å². The number of likely N-dealkylation sites (tertiary alicyclic amines) is 1. The van der Waals surface area contributed by atoms with Crippen molar-refractivity contribution in [1.82, 2.24) is 19.3 Å². The molecule has 0 aliphatic carbocycles. The molecule has 2 aliphatic heterocycles. The Hall–Kier alpha value is -3.19. The number of carbonyl (C=O) groups is 1. The van der Waals surface area contributed by atoms with Gasteiger partial charge in [0.15, 0.2) is 0 Å². The second kappa shape index (κ2) is 7.45. The quantitative estimate of drug-likeness (QED) is 0.474. The molecule has 2 saturated heterocycles. The van der Waals surface area contributed by atoms with E-state index in [0.717, 1.165) is 65.0 Å². The van der Waals surface area contributed by atoms with Gasteiger partial charge in [0.25, 0.3) is 5.91 Å². The van der Waals surface area contributed by atoms with Crippen LogP contribution < -0.4 is 4.90 Å². The van der Waals surface area contributed by atoms with Crippen molar-refractivity contribution in [3.8, 4) is 10.4 Å². The Morgan fingerprint density at radius 3 is 2.44 bits per heavy atom. The molecule has 0 unspecified atom stereocenters. The molecule has 0 N–H and O–H groups in total. The Kier molecular flexibility index (Phi) is 4.54. The van der Waals surface area contributed by atoms with Crippen LogP contribution in [0.5, 0.6) is 0 Å². The lowest BCUT2D eigenvalue weighted by molar-refractivity contribution is 0.0785. The molecule has 162 valence electrons. The third-order valence-corrected chi connectivity index (χ3v) is 7.61. The summed E-state index contributed by atoms with van der Waals surface area (Å²) >= 11 is 1.68. The normalized spacial score (nSPS) is 20.3. The molecular formula is C25H25N5OS. The van der Waals surface area contributed by atoms with Gasteiger partial charge in [-0.2, -0.15) is 0 Å². The van der Waals surface area contributed by atoms with Crippen LogP contribution in [0, 0.1) is 25.7 Å². The zero-order valence-corrected chi connectivity index (χ0v) is 19.0. The molecule has 0 spiro atoms. The van der Waals surface area contributed by atoms with Gasteiger partial charge in [0.2, 0.25) is 5.95 Å². The Morgan fingerprint density at radius 2 is 1.75 bits per heavy atom. The van der Waals surface area contributed by atoms with Crippen LogP contribution in [-0.4, -0.2) is 51.4 Å². The Bertz CT molecular complexity index is 1280. The molecule has 1 amide bonds. The zero-order chi connectivity index (χ0) is 21.8. The summed E-state index contributed by atoms with van der Waals surface area (Å²) < 4.78 is 2.07. The molecule has 2 aliphatic rings. The fourth-order valence-corrected chi connectivity index (χ4v) is 6.04. The zero-order valence-electron chi connectivity index (χ0n) is 18.2. The summed E-state index contributed by atoms with van der Waals surface area (Å²) in [7, 11) is 0. The van der Waals surface area contributed by atoms with E-state index in [1.807, 2.05) is 50.4 Å². The highest BCUT2D eigenvalue weighted by molar-refractivity contribution is 7.13. The van der Waals surface area contributed by atoms with Gasteiger partial charge >= 0.3 is 0 Å². The summed E-state index contributed by atoms with van der Waals surface area (Å²) in [5.41, 5.74) is 4.83. The molecule has 0 radical (unpaired) electrons. The predicted octanol–water partition coefficient (Wildman–Crippen LogP) is 4.28. The molecule has 6 heterocycles. The van der Waals surface area contributed by atoms with Crippen LogP contribution in [0.4, 0.5) is 5.95 Å². The van der Waals surface area contributed by atoms with E-state index in [0.29, 0.717) is 11.8 Å². The molecule has 2 fully saturated rings. The van der Waals surface area contributed by atoms with Crippen molar-refractivity contribution in [2.45, 2.75) is 13.8 Å². The highest BCUT2D eigenvalue weighted by Gasteiger charge is 2.43. The van der Waals surface area contributed by atoms with Crippen molar-refractivity contribution >= 4 is 28.7 Å². The van der Waals surface area contributed by atoms with E-state index >= 15 is 0 Å². The topological polar surface area (TPSA) is 53.7 Å². The van der Waals surface area contributed by atoms with Crippen LogP contribution in [0.2, 0.25) is 0 Å². The molecule has 32 heavy (non-hydrogen) atoms. The van der Waals surface area contributed by atoms with Gasteiger partial charge in [0.1, 0.15) is 0 Å². The molecule has 7 heteroatoms. The van der Waals surface area contributed by atoms with Crippen LogP contribution in [0.1, 0.15) is 21.7 Å². The number of pyridine rings is 1. The Morgan fingerprint density at radius 1 is 1.00 bits per heavy atom. The fourth-order valence-electron chi connectivity index (χ4n) is 5.29. The van der Waals surface area contributed by atoms with E-state index in [4.69, 9.17) is 0 Å². The molecular weight excluding hydrogens is 418 g/mol. The molecule has 0 bridgehead atoms. The summed E-state index contributed by atoms with van der Waals surface area (Å²) in [4.78, 5) is 28.6. The van der Waals surface area contributed by atoms with Crippen molar-refractivity contribution in [3.63, 3.8) is 0 Å². The smallest absolute Gasteiger partial charge is 0.256 e. The maximum absolute atomic E-state index is 13.8. The van der Waals surface area contributed by atoms with Gasteiger partial charge in [-0.1, -0.05) is 12.1 Å². The summed E-state index contributed by atoms with van der Waals surface area (Å²) in [6.45, 7) is 7.43. The summed E-state index contributed by atoms with van der Waals surface area (Å²) in [6.07, 6.45) is 4.11. The van der Waals surface area contributed by atoms with E-state index in [9.17, 15) is 4.79 Å². The number of amides is 1. The van der Waals surface area contributed by atoms with Gasteiger partial charge < -0.3 is 14.2 Å². The van der Waals surface area contributed by atoms with Crippen molar-refractivity contribution in [1.29, 1.82) is 0 Å². The van der Waals surface area contributed by atoms with Crippen LogP contribution in [-0.2, 0) is 0 Å². The number of hydrogen-bond donors (Lipinski definition) is 0. The lowest BCUT2D eigenvalue weighted by Gasteiger charge is -2.22. The minimum Gasteiger partial charge on any atom is -0.340 e. The van der Waals surface area contributed by atoms with Crippen molar-refractivity contribution < 1.29 is 4.79 Å². The van der Waals surface area contributed by atoms with E-state index in [1.165, 1.54) is 0 Å². The van der Waals surface area contributed by atoms with Gasteiger partial charge in [-0.05, 0) is 43.5 Å². The van der Waals surface area contributed by atoms with Crippen molar-refractivity contribution in [2.75, 3.05) is 31.1 Å². The fraction of sp³-hybridized carbons (Fsp3) is 0.320. The predicted molar refractivity (Wildman–Crippen MR) is 127 cm³/mol. The molecule has 0 saturated carbocycles. The SMILES string of the molecule is Cc1cc(C)nc(N2C[C@H]3CN(C(=O)c4c(-c5cccs5)cn5ccccc45)C[C@H]3C2)n1. The largest absolute Gasteiger partial charge is 0.340 e. The number of anilines is 1. The number of nitrogens with zero attached hydrogens (tertiary/aromatic N) is 5. The van der Waals surface area contributed by atoms with Gasteiger partial charge in [-0.3, -0.25) is 4.79 Å². The molecule has 2 atom stereocenters. The van der Waals surface area contributed by atoms with Gasteiger partial charge in [0, 0.05) is 72.2 Å². The van der Waals surface area contributed by atoms with E-state index in [-0.39, 0.29) is 5.91 Å². The average molecular weight is 444 g/mol. The van der Waals surface area contributed by atoms with Crippen LogP contribution in [0.3, 0.4) is 0 Å². The second-order valence-corrected chi connectivity index (χ2v) is 9.92. The molecule has 6 rings (SSSR count). The lowest BCUT2D eigenvalue weighted by atomic mass is 10.0. The maximum Gasteiger partial charge on any atom is 0.256 e. The van der Waals surface area contributed by atoms with Gasteiger partial charge in [-0.15, -0.1) is 11.3 Å². The van der Waals surface area contributed by atoms with E-state index < -0.39 is 0 Å². The highest BCUT2D eigenvalue weighted by atomic mass is 32.1. The highest BCUT2D eigenvalue weighted by Crippen LogP contribution is 2.37. The van der Waals surface area contributed by atoms with Crippen LogP contribution in [0.25, 0.3) is 16.0 Å². The first-order chi connectivity index (χ1) is 15.6. The summed E-state index contributed by atoms with van der Waals surface area (Å²) in [5.74, 6) is 1.89. The number of aryl methyl sites for hydroxylation is 2.